The van der Waals surface area contributed by atoms with Gasteiger partial charge in [-0.3, -0.25) is 9.67 Å². The van der Waals surface area contributed by atoms with Crippen molar-refractivity contribution in [2.75, 3.05) is 11.4 Å². The van der Waals surface area contributed by atoms with Gasteiger partial charge in [0, 0.05) is 18.8 Å². The number of hydrogen-bond acceptors (Lipinski definition) is 4. The zero-order valence-corrected chi connectivity index (χ0v) is 11.2. The van der Waals surface area contributed by atoms with Crippen LogP contribution < -0.4 is 10.6 Å². The molecule has 6 heteroatoms. The van der Waals surface area contributed by atoms with E-state index in [0.717, 1.165) is 11.3 Å². The number of para-hydroxylation sites is 1. The van der Waals surface area contributed by atoms with Crippen LogP contribution in [0.4, 0.5) is 5.69 Å². The number of halogens is 1. The normalized spacial score (nSPS) is 18.7. The van der Waals surface area contributed by atoms with Crippen molar-refractivity contribution < 1.29 is 0 Å². The van der Waals surface area contributed by atoms with E-state index in [-0.39, 0.29) is 6.04 Å². The highest BCUT2D eigenvalue weighted by Crippen LogP contribution is 2.34. The quantitative estimate of drug-likeness (QED) is 0.911. The van der Waals surface area contributed by atoms with Crippen molar-refractivity contribution in [3.63, 3.8) is 0 Å². The second kappa shape index (κ2) is 4.59. The van der Waals surface area contributed by atoms with Crippen LogP contribution in [0.1, 0.15) is 11.6 Å². The van der Waals surface area contributed by atoms with Gasteiger partial charge in [-0.15, -0.1) is 0 Å². The summed E-state index contributed by atoms with van der Waals surface area (Å²) in [6.45, 7) is 0.614. The summed E-state index contributed by atoms with van der Waals surface area (Å²) in [7, 11) is 1.89. The number of aryl methyl sites for hydroxylation is 1. The highest BCUT2D eigenvalue weighted by atomic mass is 35.5. The minimum Gasteiger partial charge on any atom is -0.369 e. The third kappa shape index (κ3) is 2.06. The molecule has 0 amide bonds. The first-order chi connectivity index (χ1) is 9.16. The molecule has 0 spiro atoms. The summed E-state index contributed by atoms with van der Waals surface area (Å²) < 4.78 is 1.77. The molecule has 1 aromatic heterocycles. The molecule has 2 N–H and O–H groups in total. The minimum atomic E-state index is 0.0496. The number of rotatable bonds is 2. The molecule has 0 radical (unpaired) electrons. The van der Waals surface area contributed by atoms with E-state index in [1.807, 2.05) is 48.6 Å². The van der Waals surface area contributed by atoms with E-state index in [9.17, 15) is 0 Å². The molecule has 0 fully saturated rings. The maximum atomic E-state index is 6.25. The molecule has 0 saturated carbocycles. The molecule has 1 unspecified atom stereocenters. The smallest absolute Gasteiger partial charge is 0.196 e. The van der Waals surface area contributed by atoms with Crippen molar-refractivity contribution in [3.05, 3.63) is 47.2 Å². The summed E-state index contributed by atoms with van der Waals surface area (Å²) in [5.74, 6) is 0.488. The van der Waals surface area contributed by atoms with Crippen LogP contribution in [0.15, 0.2) is 41.7 Å². The van der Waals surface area contributed by atoms with Crippen molar-refractivity contribution >= 4 is 23.2 Å². The lowest BCUT2D eigenvalue weighted by atomic mass is 10.1. The second-order valence-corrected chi connectivity index (χ2v) is 4.89. The predicted molar refractivity (Wildman–Crippen MR) is 76.4 cm³/mol. The molecule has 1 aliphatic rings. The molecular weight excluding hydrogens is 262 g/mol. The van der Waals surface area contributed by atoms with Crippen LogP contribution in [-0.2, 0) is 7.05 Å². The lowest BCUT2D eigenvalue weighted by Gasteiger charge is -2.26. The van der Waals surface area contributed by atoms with Gasteiger partial charge in [0.2, 0.25) is 0 Å². The van der Waals surface area contributed by atoms with Crippen molar-refractivity contribution in [2.24, 2.45) is 17.8 Å². The van der Waals surface area contributed by atoms with Gasteiger partial charge < -0.3 is 10.6 Å². The molecule has 1 aromatic carbocycles. The number of nitrogens with two attached hydrogens (primary N) is 1. The summed E-state index contributed by atoms with van der Waals surface area (Å²) in [6.07, 6.45) is 3.81. The molecule has 2 heterocycles. The first kappa shape index (κ1) is 12.0. The number of aliphatic imine (C=N–C) groups is 1. The Balaban J connectivity index is 2.02. The number of anilines is 1. The maximum absolute atomic E-state index is 6.25. The van der Waals surface area contributed by atoms with Crippen LogP contribution in [0.5, 0.6) is 0 Å². The fourth-order valence-corrected chi connectivity index (χ4v) is 2.53. The summed E-state index contributed by atoms with van der Waals surface area (Å²) in [5.41, 5.74) is 7.95. The van der Waals surface area contributed by atoms with Crippen molar-refractivity contribution in [1.29, 1.82) is 0 Å². The number of hydrogen-bond donors (Lipinski definition) is 1. The monoisotopic (exact) mass is 275 g/mol. The first-order valence-corrected chi connectivity index (χ1v) is 6.37. The Labute approximate surface area is 116 Å². The van der Waals surface area contributed by atoms with Gasteiger partial charge in [0.25, 0.3) is 0 Å². The fourth-order valence-electron chi connectivity index (χ4n) is 2.30. The number of benzene rings is 1. The molecule has 1 atom stereocenters. The van der Waals surface area contributed by atoms with E-state index in [0.29, 0.717) is 17.5 Å². The first-order valence-electron chi connectivity index (χ1n) is 5.99. The summed E-state index contributed by atoms with van der Waals surface area (Å²) >= 11 is 6.25. The largest absolute Gasteiger partial charge is 0.369 e. The minimum absolute atomic E-state index is 0.0496. The standard InChI is InChI=1S/C13H14ClN5/c1-18-8-9(6-17-18)12-7-16-13(15)19(12)11-5-3-2-4-10(11)14/h2-6,8,12H,7H2,1H3,(H2,15,16). The Hall–Kier alpha value is -2.01. The summed E-state index contributed by atoms with van der Waals surface area (Å²) in [4.78, 5) is 6.28. The van der Waals surface area contributed by atoms with Crippen LogP contribution in [0.2, 0.25) is 5.02 Å². The average Bonchev–Trinajstić information content (AvgIpc) is 2.96. The summed E-state index contributed by atoms with van der Waals surface area (Å²) in [6, 6.07) is 7.68. The highest BCUT2D eigenvalue weighted by molar-refractivity contribution is 6.33. The van der Waals surface area contributed by atoms with Crippen LogP contribution in [0.25, 0.3) is 0 Å². The molecule has 2 aromatic rings. The zero-order valence-electron chi connectivity index (χ0n) is 10.5. The van der Waals surface area contributed by atoms with Gasteiger partial charge in [0.05, 0.1) is 29.5 Å². The molecule has 0 bridgehead atoms. The van der Waals surface area contributed by atoms with E-state index in [1.165, 1.54) is 0 Å². The van der Waals surface area contributed by atoms with Gasteiger partial charge in [-0.05, 0) is 12.1 Å². The van der Waals surface area contributed by atoms with Gasteiger partial charge in [0.15, 0.2) is 5.96 Å². The Bertz CT molecular complexity index is 633. The number of aromatic nitrogens is 2. The Morgan fingerprint density at radius 1 is 1.37 bits per heavy atom. The van der Waals surface area contributed by atoms with E-state index in [4.69, 9.17) is 17.3 Å². The average molecular weight is 276 g/mol. The molecule has 19 heavy (non-hydrogen) atoms. The van der Waals surface area contributed by atoms with Gasteiger partial charge in [-0.1, -0.05) is 23.7 Å². The number of guanidine groups is 1. The topological polar surface area (TPSA) is 59.4 Å². The maximum Gasteiger partial charge on any atom is 0.196 e. The van der Waals surface area contributed by atoms with Gasteiger partial charge in [-0.2, -0.15) is 5.10 Å². The van der Waals surface area contributed by atoms with E-state index < -0.39 is 0 Å². The van der Waals surface area contributed by atoms with Gasteiger partial charge in [-0.25, -0.2) is 0 Å². The Morgan fingerprint density at radius 3 is 2.84 bits per heavy atom. The Kier molecular flexibility index (Phi) is 2.91. The molecule has 98 valence electrons. The third-order valence-electron chi connectivity index (χ3n) is 3.21. The lowest BCUT2D eigenvalue weighted by molar-refractivity contribution is 0.752. The Morgan fingerprint density at radius 2 is 2.16 bits per heavy atom. The van der Waals surface area contributed by atoms with Gasteiger partial charge >= 0.3 is 0 Å². The van der Waals surface area contributed by atoms with Crippen molar-refractivity contribution in [1.82, 2.24) is 9.78 Å². The van der Waals surface area contributed by atoms with Crippen LogP contribution >= 0.6 is 11.6 Å². The third-order valence-corrected chi connectivity index (χ3v) is 3.53. The molecular formula is C13H14ClN5. The zero-order chi connectivity index (χ0) is 13.4. The SMILES string of the molecule is Cn1cc(C2CN=C(N)N2c2ccccc2Cl)cn1. The van der Waals surface area contributed by atoms with E-state index >= 15 is 0 Å². The highest BCUT2D eigenvalue weighted by Gasteiger charge is 2.30. The molecule has 1 aliphatic heterocycles. The van der Waals surface area contributed by atoms with Gasteiger partial charge in [0.1, 0.15) is 0 Å². The molecule has 5 nitrogen and oxygen atoms in total. The van der Waals surface area contributed by atoms with E-state index in [1.54, 1.807) is 4.68 Å². The molecule has 0 saturated heterocycles. The second-order valence-electron chi connectivity index (χ2n) is 4.48. The molecule has 3 rings (SSSR count). The fraction of sp³-hybridized carbons (Fsp3) is 0.231. The predicted octanol–water partition coefficient (Wildman–Crippen LogP) is 1.95. The van der Waals surface area contributed by atoms with Crippen LogP contribution in [0, 0.1) is 0 Å². The van der Waals surface area contributed by atoms with E-state index in [2.05, 4.69) is 10.1 Å². The molecule has 0 aliphatic carbocycles. The summed E-state index contributed by atoms with van der Waals surface area (Å²) in [5, 5.41) is 4.87. The van der Waals surface area contributed by atoms with Crippen molar-refractivity contribution in [2.45, 2.75) is 6.04 Å². The van der Waals surface area contributed by atoms with Crippen LogP contribution in [-0.4, -0.2) is 22.3 Å². The van der Waals surface area contributed by atoms with Crippen LogP contribution in [0.3, 0.4) is 0 Å². The number of nitrogens with zero attached hydrogens (tertiary/aromatic N) is 4. The lowest BCUT2D eigenvalue weighted by Crippen LogP contribution is -2.36. The van der Waals surface area contributed by atoms with Crippen molar-refractivity contribution in [3.8, 4) is 0 Å².